The van der Waals surface area contributed by atoms with Crippen LogP contribution in [0.1, 0.15) is 80.7 Å². The van der Waals surface area contributed by atoms with Crippen LogP contribution in [0.15, 0.2) is 35.3 Å². The Bertz CT molecular complexity index is 2270. The molecular formula is C43H54FN5O6Si. The molecule has 2 atom stereocenters. The van der Waals surface area contributed by atoms with Gasteiger partial charge >= 0.3 is 11.8 Å². The molecule has 2 fully saturated rings. The molecule has 56 heavy (non-hydrogen) atoms. The quantitative estimate of drug-likeness (QED) is 0.0992. The Hall–Kier alpha value is -4.67. The summed E-state index contributed by atoms with van der Waals surface area (Å²) in [6, 6.07) is 6.70. The highest BCUT2D eigenvalue weighted by Crippen LogP contribution is 2.45. The molecule has 0 N–H and O–H groups in total. The van der Waals surface area contributed by atoms with Gasteiger partial charge in [-0.2, -0.15) is 4.98 Å². The number of hydrogen-bond acceptors (Lipinski definition) is 9. The van der Waals surface area contributed by atoms with Crippen molar-refractivity contribution in [3.8, 4) is 34.2 Å². The van der Waals surface area contributed by atoms with Gasteiger partial charge < -0.3 is 23.8 Å². The smallest absolute Gasteiger partial charge is 0.410 e. The van der Waals surface area contributed by atoms with Gasteiger partial charge in [0.05, 0.1) is 29.6 Å². The van der Waals surface area contributed by atoms with Gasteiger partial charge in [-0.25, -0.2) is 14.0 Å². The monoisotopic (exact) mass is 783 g/mol. The van der Waals surface area contributed by atoms with Gasteiger partial charge in [0.25, 0.3) is 0 Å². The second-order valence-corrected chi connectivity index (χ2v) is 22.9. The summed E-state index contributed by atoms with van der Waals surface area (Å²) in [5, 5.41) is 1.98. The molecule has 2 saturated heterocycles. The van der Waals surface area contributed by atoms with Crippen molar-refractivity contribution in [3.05, 3.63) is 52.3 Å². The number of fused-ring (bicyclic) bond motifs is 3. The minimum absolute atomic E-state index is 0.0103. The van der Waals surface area contributed by atoms with E-state index in [4.69, 9.17) is 23.9 Å². The van der Waals surface area contributed by atoms with Gasteiger partial charge in [0.15, 0.2) is 12.5 Å². The number of pyridine rings is 1. The number of halogens is 1. The first kappa shape index (κ1) is 39.6. The molecule has 5 heterocycles. The Morgan fingerprint density at radius 3 is 2.36 bits per heavy atom. The fraction of sp³-hybridized carbons (Fsp3) is 0.535. The molecule has 2 aromatic heterocycles. The normalized spacial score (nSPS) is 18.2. The van der Waals surface area contributed by atoms with Crippen molar-refractivity contribution >= 4 is 41.7 Å². The third-order valence-electron chi connectivity index (χ3n) is 11.8. The van der Waals surface area contributed by atoms with Crippen LogP contribution in [0.4, 0.5) is 15.0 Å². The fourth-order valence-electron chi connectivity index (χ4n) is 9.46. The Balaban J connectivity index is 1.41. The zero-order chi connectivity index (χ0) is 40.3. The lowest BCUT2D eigenvalue weighted by atomic mass is 9.95. The van der Waals surface area contributed by atoms with Crippen LogP contribution in [0.5, 0.6) is 11.5 Å². The number of piperazine rings is 1. The van der Waals surface area contributed by atoms with E-state index in [1.165, 1.54) is 6.07 Å². The maximum atomic E-state index is 16.3. The molecule has 1 amide bonds. The van der Waals surface area contributed by atoms with Crippen LogP contribution in [-0.2, 0) is 16.0 Å². The minimum Gasteiger partial charge on any atom is -0.487 e. The number of carbonyl (C=O) groups excluding carboxylic acids is 1. The lowest BCUT2D eigenvalue weighted by molar-refractivity contribution is 0.0123. The Kier molecular flexibility index (Phi) is 10.6. The van der Waals surface area contributed by atoms with Crippen LogP contribution in [0.25, 0.3) is 32.9 Å². The van der Waals surface area contributed by atoms with E-state index in [0.717, 1.165) is 18.2 Å². The van der Waals surface area contributed by atoms with Crippen LogP contribution in [0, 0.1) is 17.3 Å². The summed E-state index contributed by atoms with van der Waals surface area (Å²) in [6.45, 7) is 20.6. The van der Waals surface area contributed by atoms with E-state index in [2.05, 4.69) is 62.9 Å². The highest BCUT2D eigenvalue weighted by molar-refractivity contribution is 6.90. The maximum Gasteiger partial charge on any atom is 0.410 e. The highest BCUT2D eigenvalue weighted by atomic mass is 28.3. The topological polar surface area (TPSA) is 108 Å². The molecule has 3 aliphatic heterocycles. The number of amides is 1. The van der Waals surface area contributed by atoms with Crippen molar-refractivity contribution in [1.29, 1.82) is 0 Å². The number of benzene rings is 2. The number of anilines is 1. The van der Waals surface area contributed by atoms with E-state index in [1.807, 2.05) is 37.8 Å². The molecule has 2 unspecified atom stereocenters. The molecule has 13 heteroatoms. The number of aromatic nitrogens is 3. The summed E-state index contributed by atoms with van der Waals surface area (Å²) < 4.78 is 41.3. The van der Waals surface area contributed by atoms with E-state index in [1.54, 1.807) is 23.9 Å². The molecule has 2 aromatic carbocycles. The van der Waals surface area contributed by atoms with Gasteiger partial charge in [0.2, 0.25) is 0 Å². The number of methoxy groups -OCH3 is 1. The third-order valence-corrected chi connectivity index (χ3v) is 18.1. The molecule has 3 aliphatic rings. The summed E-state index contributed by atoms with van der Waals surface area (Å²) in [6.07, 6.45) is 3.08. The molecule has 7 rings (SSSR count). The highest BCUT2D eigenvalue weighted by Gasteiger charge is 2.45. The molecule has 2 bridgehead atoms. The number of ether oxygens (including phenoxy) is 4. The fourth-order valence-corrected chi connectivity index (χ4v) is 14.7. The first-order valence-electron chi connectivity index (χ1n) is 19.8. The Labute approximate surface area is 329 Å². The van der Waals surface area contributed by atoms with Crippen molar-refractivity contribution in [3.63, 3.8) is 0 Å². The van der Waals surface area contributed by atoms with Crippen LogP contribution < -0.4 is 20.1 Å². The van der Waals surface area contributed by atoms with Gasteiger partial charge in [-0.15, -0.1) is 5.54 Å². The average molecular weight is 784 g/mol. The number of nitrogens with zero attached hydrogens (tertiary/aromatic N) is 5. The standard InChI is InChI=1S/C43H54FN5O6Si/c1-25(2)56(26(3)4,27(5)6)18-15-32-35(44)14-11-28-19-31(54-24-52-10)20-33(36(28)32)37-39-38-34(21-45-37)40(46-41(50)48(38)16-17-53-39)47-22-29-12-13-30(23-47)49(29)42(51)55-43(7,8)9/h11,14,19-21,25-27,29-30H,12-13,16-17,22-24H2,1-10H3. The minimum atomic E-state index is -2.24. The first-order valence-corrected chi connectivity index (χ1v) is 22.0. The van der Waals surface area contributed by atoms with Crippen molar-refractivity contribution in [2.45, 2.75) is 116 Å². The molecule has 0 radical (unpaired) electrons. The summed E-state index contributed by atoms with van der Waals surface area (Å²) in [5.41, 5.74) is 5.69. The Morgan fingerprint density at radius 2 is 1.73 bits per heavy atom. The van der Waals surface area contributed by atoms with E-state index < -0.39 is 25.2 Å². The molecule has 0 saturated carbocycles. The zero-order valence-corrected chi connectivity index (χ0v) is 35.3. The van der Waals surface area contributed by atoms with Crippen molar-refractivity contribution < 1.29 is 28.1 Å². The molecule has 4 aromatic rings. The molecule has 11 nitrogen and oxygen atoms in total. The van der Waals surface area contributed by atoms with Gasteiger partial charge in [-0.05, 0) is 73.8 Å². The van der Waals surface area contributed by atoms with Gasteiger partial charge in [-0.3, -0.25) is 14.5 Å². The van der Waals surface area contributed by atoms with Crippen LogP contribution in [-0.4, -0.2) is 84.9 Å². The largest absolute Gasteiger partial charge is 0.487 e. The lowest BCUT2D eigenvalue weighted by Crippen LogP contribution is -2.57. The molecule has 0 aliphatic carbocycles. The van der Waals surface area contributed by atoms with Gasteiger partial charge in [0.1, 0.15) is 48.9 Å². The van der Waals surface area contributed by atoms with Crippen LogP contribution in [0.2, 0.25) is 16.6 Å². The van der Waals surface area contributed by atoms with Crippen molar-refractivity contribution in [2.75, 3.05) is 38.5 Å². The van der Waals surface area contributed by atoms with E-state index in [0.29, 0.717) is 86.7 Å². The number of hydrogen-bond donors (Lipinski definition) is 0. The van der Waals surface area contributed by atoms with Gasteiger partial charge in [0, 0.05) is 37.3 Å². The zero-order valence-electron chi connectivity index (χ0n) is 34.3. The second-order valence-electron chi connectivity index (χ2n) is 17.3. The van der Waals surface area contributed by atoms with E-state index >= 15 is 4.39 Å². The Morgan fingerprint density at radius 1 is 1.05 bits per heavy atom. The summed E-state index contributed by atoms with van der Waals surface area (Å²) in [7, 11) is -0.691. The van der Waals surface area contributed by atoms with E-state index in [9.17, 15) is 9.59 Å². The van der Waals surface area contributed by atoms with Gasteiger partial charge in [-0.1, -0.05) is 53.5 Å². The number of carbonyl (C=O) groups is 1. The summed E-state index contributed by atoms with van der Waals surface area (Å²) in [4.78, 5) is 40.7. The summed E-state index contributed by atoms with van der Waals surface area (Å²) >= 11 is 0. The van der Waals surface area contributed by atoms with Crippen molar-refractivity contribution in [2.24, 2.45) is 0 Å². The SMILES string of the molecule is COCOc1cc(-c2ncc3c(N4CC5CCC(C4)N5C(=O)OC(C)(C)C)nc(=O)n4c3c2OCC4)c2c(C#C[Si](C(C)C)(C(C)C)C(C)C)c(F)ccc2c1. The number of rotatable bonds is 8. The lowest BCUT2D eigenvalue weighted by Gasteiger charge is -2.42. The summed E-state index contributed by atoms with van der Waals surface area (Å²) in [5.74, 6) is 4.41. The average Bonchev–Trinajstić information content (AvgIpc) is 3.41. The third kappa shape index (κ3) is 6.89. The maximum absolute atomic E-state index is 16.3. The van der Waals surface area contributed by atoms with Crippen LogP contribution >= 0.6 is 0 Å². The van der Waals surface area contributed by atoms with E-state index in [-0.39, 0.29) is 31.6 Å². The predicted molar refractivity (Wildman–Crippen MR) is 220 cm³/mol. The van der Waals surface area contributed by atoms with Crippen molar-refractivity contribution in [1.82, 2.24) is 19.4 Å². The predicted octanol–water partition coefficient (Wildman–Crippen LogP) is 8.28. The second kappa shape index (κ2) is 15.0. The molecule has 298 valence electrons. The molecular weight excluding hydrogens is 730 g/mol. The first-order chi connectivity index (χ1) is 26.5. The van der Waals surface area contributed by atoms with Crippen LogP contribution in [0.3, 0.4) is 0 Å². The molecule has 0 spiro atoms.